The molecular weight excluding hydrogens is 913 g/mol. The van der Waals surface area contributed by atoms with E-state index in [4.69, 9.17) is 18.9 Å². The molecule has 6 aromatic rings. The third-order valence-electron chi connectivity index (χ3n) is 11.4. The minimum atomic E-state index is -3.41. The normalized spacial score (nSPS) is 14.9. The molecule has 0 aliphatic carbocycles. The van der Waals surface area contributed by atoms with Crippen LogP contribution in [0.1, 0.15) is 44.7 Å². The molecule has 20 nitrogen and oxygen atoms in total. The number of imide groups is 2. The summed E-state index contributed by atoms with van der Waals surface area (Å²) >= 11 is 0. The van der Waals surface area contributed by atoms with Gasteiger partial charge in [0, 0.05) is 37.0 Å². The number of H-pyrrole nitrogens is 2. The largest absolute Gasteiger partial charge is 0.491 e. The molecule has 4 aromatic carbocycles. The van der Waals surface area contributed by atoms with Crippen molar-refractivity contribution in [1.82, 2.24) is 35.3 Å². The molecule has 5 amide bonds. The van der Waals surface area contributed by atoms with Crippen LogP contribution in [0.25, 0.3) is 28.2 Å². The molecule has 2 aromatic heterocycles. The molecule has 1 saturated heterocycles. The van der Waals surface area contributed by atoms with E-state index < -0.39 is 39.5 Å². The predicted molar refractivity (Wildman–Crippen MR) is 251 cm³/mol. The minimum absolute atomic E-state index is 0.0401. The van der Waals surface area contributed by atoms with Gasteiger partial charge in [-0.05, 0) is 78.9 Å². The molecule has 4 heterocycles. The summed E-state index contributed by atoms with van der Waals surface area (Å²) in [5, 5.41) is 11.2. The summed E-state index contributed by atoms with van der Waals surface area (Å²) in [7, 11) is -3.41. The number of hydrogen-bond donors (Lipinski definition) is 5. The number of hydrogen-bond acceptors (Lipinski definition) is 14. The first-order valence-corrected chi connectivity index (χ1v) is 24.1. The number of sulfone groups is 1. The number of rotatable bonds is 23. The molecule has 0 saturated carbocycles. The Morgan fingerprint density at radius 1 is 0.797 bits per heavy atom. The van der Waals surface area contributed by atoms with Gasteiger partial charge in [0.2, 0.25) is 23.7 Å². The van der Waals surface area contributed by atoms with E-state index in [2.05, 4.69) is 31.0 Å². The van der Waals surface area contributed by atoms with Gasteiger partial charge in [0.25, 0.3) is 17.4 Å². The fourth-order valence-electron chi connectivity index (χ4n) is 7.97. The van der Waals surface area contributed by atoms with Crippen molar-refractivity contribution in [2.24, 2.45) is 0 Å². The number of nitrogens with zero attached hydrogens (tertiary/aromatic N) is 3. The maximum Gasteiger partial charge on any atom is 0.277 e. The predicted octanol–water partition coefficient (Wildman–Crippen LogP) is 2.96. The highest BCUT2D eigenvalue weighted by atomic mass is 32.2. The van der Waals surface area contributed by atoms with Crippen molar-refractivity contribution in [3.05, 3.63) is 124 Å². The number of ether oxygens (including phenoxy) is 4. The molecule has 8 rings (SSSR count). The number of piperidine rings is 1. The Hall–Kier alpha value is -7.46. The molecule has 2 aliphatic heterocycles. The Bertz CT molecular complexity index is 3000. The quantitative estimate of drug-likeness (QED) is 0.0457. The fourth-order valence-corrected chi connectivity index (χ4v) is 8.60. The molecule has 2 aliphatic rings. The Balaban J connectivity index is 0.697. The summed E-state index contributed by atoms with van der Waals surface area (Å²) < 4.78 is 48.0. The standard InChI is InChI=1S/C48H50N8O12S/c1-69(63,64)33-16-12-31(13-17-33)43-35(46(61)56(54-43)48-51-36-6-2-3-7-37(36)52-48)18-11-30-9-14-32(15-10-30)68-28-27-67-29-41(58)50-22-24-66-26-25-65-23-21-49-38-8-4-5-34-42(38)47(62)55(45(34)60)39-19-20-40(57)53-44(39)59/h2-10,12-17,39,49,54H,11,18-29H2,1H3,(H,50,58)(H,51,52)(H,53,57,59). The van der Waals surface area contributed by atoms with Crippen LogP contribution in [0.15, 0.2) is 101 Å². The monoisotopic (exact) mass is 962 g/mol. The summed E-state index contributed by atoms with van der Waals surface area (Å²) in [6.45, 7) is 1.94. The summed E-state index contributed by atoms with van der Waals surface area (Å²) in [4.78, 5) is 85.2. The molecule has 69 heavy (non-hydrogen) atoms. The van der Waals surface area contributed by atoms with Crippen LogP contribution in [-0.4, -0.2) is 134 Å². The average Bonchev–Trinajstić information content (AvgIpc) is 3.99. The summed E-state index contributed by atoms with van der Waals surface area (Å²) in [5.74, 6) is -1.64. The lowest BCUT2D eigenvalue weighted by Crippen LogP contribution is -2.54. The van der Waals surface area contributed by atoms with Gasteiger partial charge < -0.3 is 34.6 Å². The van der Waals surface area contributed by atoms with E-state index >= 15 is 0 Å². The van der Waals surface area contributed by atoms with E-state index in [1.54, 1.807) is 24.3 Å². The SMILES string of the molecule is CS(=O)(=O)c1ccc(-c2[nH]n(-c3nc4ccccc4[nH]3)c(=O)c2CCc2ccc(OCCOCC(=O)NCCOCCOCCNc3cccc4c3C(=O)N(C3CCC(=O)NC3=O)C4=O)cc2)cc1. The van der Waals surface area contributed by atoms with Crippen LogP contribution >= 0.6 is 0 Å². The van der Waals surface area contributed by atoms with Crippen LogP contribution in [0, 0.1) is 0 Å². The molecule has 1 atom stereocenters. The lowest BCUT2D eigenvalue weighted by molar-refractivity contribution is -0.136. The number of amides is 5. The summed E-state index contributed by atoms with van der Waals surface area (Å²) in [6, 6.07) is 25.1. The van der Waals surface area contributed by atoms with Crippen LogP contribution in [-0.2, 0) is 51.3 Å². The molecule has 1 fully saturated rings. The number of imidazole rings is 1. The highest BCUT2D eigenvalue weighted by molar-refractivity contribution is 7.90. The third kappa shape index (κ3) is 11.5. The van der Waals surface area contributed by atoms with E-state index in [1.165, 1.54) is 22.9 Å². The van der Waals surface area contributed by atoms with Crippen molar-refractivity contribution in [2.75, 3.05) is 70.9 Å². The first-order chi connectivity index (χ1) is 33.4. The molecule has 21 heteroatoms. The van der Waals surface area contributed by atoms with Crippen molar-refractivity contribution < 1.29 is 51.3 Å². The van der Waals surface area contributed by atoms with Crippen molar-refractivity contribution in [1.29, 1.82) is 0 Å². The number of aromatic amines is 2. The number of aryl methyl sites for hydroxylation is 1. The molecule has 0 bridgehead atoms. The number of carbonyl (C=O) groups excluding carboxylic acids is 5. The van der Waals surface area contributed by atoms with Gasteiger partial charge in [-0.1, -0.05) is 42.5 Å². The van der Waals surface area contributed by atoms with E-state index in [9.17, 15) is 37.2 Å². The molecule has 360 valence electrons. The number of fused-ring (bicyclic) bond motifs is 2. The van der Waals surface area contributed by atoms with E-state index in [1.807, 2.05) is 48.5 Å². The second-order valence-corrected chi connectivity index (χ2v) is 18.2. The van der Waals surface area contributed by atoms with Gasteiger partial charge in [-0.15, -0.1) is 0 Å². The topological polar surface area (TPSA) is 262 Å². The Labute approximate surface area is 395 Å². The lowest BCUT2D eigenvalue weighted by Gasteiger charge is -2.27. The van der Waals surface area contributed by atoms with Crippen molar-refractivity contribution in [3.63, 3.8) is 0 Å². The highest BCUT2D eigenvalue weighted by Crippen LogP contribution is 2.32. The molecule has 1 unspecified atom stereocenters. The van der Waals surface area contributed by atoms with Gasteiger partial charge >= 0.3 is 0 Å². The van der Waals surface area contributed by atoms with Gasteiger partial charge in [-0.2, -0.15) is 4.68 Å². The fraction of sp³-hybridized carbons (Fsp3) is 0.312. The van der Waals surface area contributed by atoms with E-state index in [0.717, 1.165) is 22.2 Å². The van der Waals surface area contributed by atoms with Crippen LogP contribution < -0.4 is 26.2 Å². The van der Waals surface area contributed by atoms with Crippen LogP contribution in [0.5, 0.6) is 5.75 Å². The Kier molecular flexibility index (Phi) is 15.1. The smallest absolute Gasteiger partial charge is 0.277 e. The Morgan fingerprint density at radius 3 is 2.28 bits per heavy atom. The molecule has 0 spiro atoms. The zero-order valence-corrected chi connectivity index (χ0v) is 38.4. The molecular formula is C48H50N8O12S. The maximum absolute atomic E-state index is 13.9. The van der Waals surface area contributed by atoms with Gasteiger partial charge in [0.1, 0.15) is 25.0 Å². The number of nitrogens with one attached hydrogen (secondary N) is 5. The second kappa shape index (κ2) is 21.7. The van der Waals surface area contributed by atoms with Crippen molar-refractivity contribution >= 4 is 56.1 Å². The van der Waals surface area contributed by atoms with E-state index in [-0.39, 0.29) is 93.1 Å². The van der Waals surface area contributed by atoms with Crippen molar-refractivity contribution in [3.8, 4) is 23.0 Å². The number of benzene rings is 4. The zero-order valence-electron chi connectivity index (χ0n) is 37.6. The van der Waals surface area contributed by atoms with Gasteiger partial charge in [-0.3, -0.25) is 44.1 Å². The Morgan fingerprint density at radius 2 is 1.54 bits per heavy atom. The van der Waals surface area contributed by atoms with Crippen molar-refractivity contribution in [2.45, 2.75) is 36.6 Å². The minimum Gasteiger partial charge on any atom is -0.491 e. The second-order valence-electron chi connectivity index (χ2n) is 16.2. The number of para-hydroxylation sites is 2. The summed E-state index contributed by atoms with van der Waals surface area (Å²) in [5.41, 5.74) is 4.70. The zero-order chi connectivity index (χ0) is 48.5. The van der Waals surface area contributed by atoms with Gasteiger partial charge in [0.05, 0.1) is 65.8 Å². The van der Waals surface area contributed by atoms with Crippen LogP contribution in [0.3, 0.4) is 0 Å². The summed E-state index contributed by atoms with van der Waals surface area (Å²) in [6.07, 6.45) is 2.17. The van der Waals surface area contributed by atoms with Crippen LogP contribution in [0.4, 0.5) is 5.69 Å². The van der Waals surface area contributed by atoms with Gasteiger partial charge in [-0.25, -0.2) is 13.4 Å². The average molecular weight is 963 g/mol. The van der Waals surface area contributed by atoms with Crippen LogP contribution in [0.2, 0.25) is 0 Å². The lowest BCUT2D eigenvalue weighted by atomic mass is 10.0. The maximum atomic E-state index is 13.9. The third-order valence-corrected chi connectivity index (χ3v) is 12.6. The molecule has 5 N–H and O–H groups in total. The number of carbonyl (C=O) groups is 5. The first-order valence-electron chi connectivity index (χ1n) is 22.3. The molecule has 0 radical (unpaired) electrons. The number of aromatic nitrogens is 4. The van der Waals surface area contributed by atoms with Gasteiger partial charge in [0.15, 0.2) is 9.84 Å². The first kappa shape index (κ1) is 48.0. The number of anilines is 1. The highest BCUT2D eigenvalue weighted by Gasteiger charge is 2.45. The van der Waals surface area contributed by atoms with E-state index in [0.29, 0.717) is 59.1 Å².